The van der Waals surface area contributed by atoms with E-state index in [1.807, 2.05) is 0 Å². The largest absolute Gasteiger partial charge is 0.381 e. The van der Waals surface area contributed by atoms with Gasteiger partial charge in [-0.1, -0.05) is 18.2 Å². The highest BCUT2D eigenvalue weighted by Gasteiger charge is 2.42. The van der Waals surface area contributed by atoms with Gasteiger partial charge in [0.15, 0.2) is 5.96 Å². The van der Waals surface area contributed by atoms with Crippen molar-refractivity contribution in [3.8, 4) is 0 Å². The van der Waals surface area contributed by atoms with Crippen molar-refractivity contribution in [2.75, 3.05) is 57.9 Å². The fraction of sp³-hybridized carbons (Fsp3) is 0.650. The molecule has 0 amide bonds. The molecular formula is C20H32N4O. The Morgan fingerprint density at radius 1 is 1.32 bits per heavy atom. The molecule has 138 valence electrons. The summed E-state index contributed by atoms with van der Waals surface area (Å²) in [6, 6.07) is 10.5. The molecule has 1 aromatic rings. The Balaban J connectivity index is 1.49. The highest BCUT2D eigenvalue weighted by Crippen LogP contribution is 2.38. The third-order valence-corrected chi connectivity index (χ3v) is 5.37. The smallest absolute Gasteiger partial charge is 0.193 e. The number of aliphatic imine (C=N–C) groups is 1. The highest BCUT2D eigenvalue weighted by molar-refractivity contribution is 5.80. The average molecular weight is 345 g/mol. The number of rotatable bonds is 6. The van der Waals surface area contributed by atoms with Crippen molar-refractivity contribution in [2.45, 2.75) is 26.2 Å². The van der Waals surface area contributed by atoms with Gasteiger partial charge in [0.2, 0.25) is 0 Å². The molecule has 1 N–H and O–H groups in total. The van der Waals surface area contributed by atoms with Crippen LogP contribution in [0.15, 0.2) is 35.3 Å². The lowest BCUT2D eigenvalue weighted by molar-refractivity contribution is 0.156. The van der Waals surface area contributed by atoms with Crippen molar-refractivity contribution in [3.63, 3.8) is 0 Å². The van der Waals surface area contributed by atoms with Crippen LogP contribution in [0.4, 0.5) is 5.69 Å². The second-order valence-electron chi connectivity index (χ2n) is 7.32. The quantitative estimate of drug-likeness (QED) is 0.489. The second kappa shape index (κ2) is 8.56. The molecule has 0 saturated carbocycles. The van der Waals surface area contributed by atoms with Crippen LogP contribution >= 0.6 is 0 Å². The van der Waals surface area contributed by atoms with E-state index in [1.165, 1.54) is 18.5 Å². The summed E-state index contributed by atoms with van der Waals surface area (Å²) in [4.78, 5) is 9.60. The minimum absolute atomic E-state index is 0.379. The summed E-state index contributed by atoms with van der Waals surface area (Å²) in [5.74, 6) is 1.08. The first-order valence-corrected chi connectivity index (χ1v) is 9.60. The number of ether oxygens (including phenoxy) is 1. The molecule has 0 bridgehead atoms. The van der Waals surface area contributed by atoms with E-state index in [2.05, 4.69) is 59.4 Å². The average Bonchev–Trinajstić information content (AvgIpc) is 3.28. The Bertz CT molecular complexity index is 554. The maximum Gasteiger partial charge on any atom is 0.193 e. The molecule has 25 heavy (non-hydrogen) atoms. The van der Waals surface area contributed by atoms with Gasteiger partial charge in [0.1, 0.15) is 0 Å². The summed E-state index contributed by atoms with van der Waals surface area (Å²) in [5.41, 5.74) is 1.64. The predicted octanol–water partition coefficient (Wildman–Crippen LogP) is 2.59. The summed E-state index contributed by atoms with van der Waals surface area (Å²) in [6.45, 7) is 8.97. The summed E-state index contributed by atoms with van der Waals surface area (Å²) in [6.07, 6.45) is 3.49. The van der Waals surface area contributed by atoms with E-state index >= 15 is 0 Å². The van der Waals surface area contributed by atoms with E-state index < -0.39 is 0 Å². The molecule has 0 aliphatic carbocycles. The number of hydrogen-bond donors (Lipinski definition) is 1. The van der Waals surface area contributed by atoms with Crippen LogP contribution in [0.1, 0.15) is 26.2 Å². The molecule has 5 heteroatoms. The van der Waals surface area contributed by atoms with Crippen LogP contribution in [-0.2, 0) is 4.74 Å². The van der Waals surface area contributed by atoms with Gasteiger partial charge in [0, 0.05) is 57.5 Å². The Labute approximate surface area is 152 Å². The zero-order valence-electron chi connectivity index (χ0n) is 15.7. The van der Waals surface area contributed by atoms with Crippen LogP contribution in [0.5, 0.6) is 0 Å². The van der Waals surface area contributed by atoms with Crippen molar-refractivity contribution in [1.29, 1.82) is 0 Å². The molecule has 5 nitrogen and oxygen atoms in total. The Morgan fingerprint density at radius 3 is 2.88 bits per heavy atom. The molecule has 2 aliphatic rings. The minimum Gasteiger partial charge on any atom is -0.381 e. The van der Waals surface area contributed by atoms with Crippen LogP contribution < -0.4 is 10.2 Å². The summed E-state index contributed by atoms with van der Waals surface area (Å²) in [7, 11) is 2.15. The lowest BCUT2D eigenvalue weighted by Crippen LogP contribution is -2.41. The highest BCUT2D eigenvalue weighted by atomic mass is 16.5. The third-order valence-electron chi connectivity index (χ3n) is 5.37. The van der Waals surface area contributed by atoms with Crippen molar-refractivity contribution in [3.05, 3.63) is 30.3 Å². The van der Waals surface area contributed by atoms with Crippen molar-refractivity contribution in [2.24, 2.45) is 10.4 Å². The van der Waals surface area contributed by atoms with E-state index in [1.54, 1.807) is 0 Å². The Morgan fingerprint density at radius 2 is 2.16 bits per heavy atom. The van der Waals surface area contributed by atoms with E-state index in [9.17, 15) is 0 Å². The predicted molar refractivity (Wildman–Crippen MR) is 104 cm³/mol. The topological polar surface area (TPSA) is 40.1 Å². The molecule has 2 aliphatic heterocycles. The van der Waals surface area contributed by atoms with Gasteiger partial charge in [-0.05, 0) is 38.3 Å². The first kappa shape index (κ1) is 18.1. The number of anilines is 1. The van der Waals surface area contributed by atoms with E-state index in [-0.39, 0.29) is 0 Å². The van der Waals surface area contributed by atoms with Crippen LogP contribution in [0, 0.1) is 5.41 Å². The van der Waals surface area contributed by atoms with Gasteiger partial charge < -0.3 is 19.9 Å². The Kier molecular flexibility index (Phi) is 6.19. The number of hydrogen-bond acceptors (Lipinski definition) is 3. The third kappa shape index (κ3) is 4.66. The van der Waals surface area contributed by atoms with Gasteiger partial charge in [-0.3, -0.25) is 4.99 Å². The molecule has 1 atom stereocenters. The van der Waals surface area contributed by atoms with Gasteiger partial charge in [-0.25, -0.2) is 0 Å². The van der Waals surface area contributed by atoms with Gasteiger partial charge in [0.25, 0.3) is 0 Å². The number of para-hydroxylation sites is 1. The number of guanidine groups is 1. The number of nitrogens with one attached hydrogen (secondary N) is 1. The lowest BCUT2D eigenvalue weighted by atomic mass is 9.87. The van der Waals surface area contributed by atoms with E-state index in [0.717, 1.165) is 58.3 Å². The first-order chi connectivity index (χ1) is 12.2. The van der Waals surface area contributed by atoms with Crippen LogP contribution in [-0.4, -0.2) is 63.8 Å². The molecule has 1 spiro atoms. The molecule has 1 unspecified atom stereocenters. The molecule has 0 radical (unpaired) electrons. The number of likely N-dealkylation sites (tertiary alicyclic amines) is 1. The number of benzene rings is 1. The fourth-order valence-corrected chi connectivity index (χ4v) is 3.82. The van der Waals surface area contributed by atoms with Gasteiger partial charge in [-0.15, -0.1) is 0 Å². The molecule has 2 fully saturated rings. The SMILES string of the molecule is CCNC(=NCCCN(C)c1ccccc1)N1CCC2(CCOC2)C1. The first-order valence-electron chi connectivity index (χ1n) is 9.60. The van der Waals surface area contributed by atoms with Gasteiger partial charge >= 0.3 is 0 Å². The maximum atomic E-state index is 5.64. The molecule has 1 aromatic carbocycles. The van der Waals surface area contributed by atoms with Crippen LogP contribution in [0.25, 0.3) is 0 Å². The van der Waals surface area contributed by atoms with E-state index in [0.29, 0.717) is 5.41 Å². The summed E-state index contributed by atoms with van der Waals surface area (Å²) < 4.78 is 5.64. The summed E-state index contributed by atoms with van der Waals surface area (Å²) >= 11 is 0. The number of nitrogens with zero attached hydrogens (tertiary/aromatic N) is 3. The standard InChI is InChI=1S/C20H32N4O/c1-3-21-19(24-14-10-20(16-24)11-15-25-17-20)22-12-7-13-23(2)18-8-5-4-6-9-18/h4-6,8-9H,3,7,10-17H2,1-2H3,(H,21,22). The molecule has 2 heterocycles. The second-order valence-corrected chi connectivity index (χ2v) is 7.32. The lowest BCUT2D eigenvalue weighted by Gasteiger charge is -2.25. The molecular weight excluding hydrogens is 312 g/mol. The fourth-order valence-electron chi connectivity index (χ4n) is 3.82. The van der Waals surface area contributed by atoms with Crippen molar-refractivity contribution < 1.29 is 4.74 Å². The molecule has 2 saturated heterocycles. The van der Waals surface area contributed by atoms with Crippen molar-refractivity contribution >= 4 is 11.6 Å². The van der Waals surface area contributed by atoms with Crippen molar-refractivity contribution in [1.82, 2.24) is 10.2 Å². The summed E-state index contributed by atoms with van der Waals surface area (Å²) in [5, 5.41) is 3.47. The monoisotopic (exact) mass is 344 g/mol. The van der Waals surface area contributed by atoms with Gasteiger partial charge in [0.05, 0.1) is 6.61 Å². The van der Waals surface area contributed by atoms with Crippen LogP contribution in [0.3, 0.4) is 0 Å². The Hall–Kier alpha value is -1.75. The maximum absolute atomic E-state index is 5.64. The zero-order valence-corrected chi connectivity index (χ0v) is 15.7. The van der Waals surface area contributed by atoms with Crippen LogP contribution in [0.2, 0.25) is 0 Å². The zero-order chi connectivity index (χ0) is 17.5. The minimum atomic E-state index is 0.379. The van der Waals surface area contributed by atoms with Gasteiger partial charge in [-0.2, -0.15) is 0 Å². The molecule has 0 aromatic heterocycles. The molecule has 3 rings (SSSR count). The van der Waals surface area contributed by atoms with E-state index in [4.69, 9.17) is 9.73 Å². The normalized spacial score (nSPS) is 23.4.